The van der Waals surface area contributed by atoms with E-state index in [1.54, 1.807) is 7.11 Å². The summed E-state index contributed by atoms with van der Waals surface area (Å²) in [6, 6.07) is 13.5. The Bertz CT molecular complexity index is 872. The number of anilines is 1. The molecular formula is C19H21N5O2. The van der Waals surface area contributed by atoms with Crippen molar-refractivity contribution in [3.05, 3.63) is 65.0 Å². The van der Waals surface area contributed by atoms with Crippen LogP contribution in [0.3, 0.4) is 0 Å². The van der Waals surface area contributed by atoms with Gasteiger partial charge in [-0.25, -0.2) is 0 Å². The summed E-state index contributed by atoms with van der Waals surface area (Å²) in [5, 5.41) is 17.0. The minimum Gasteiger partial charge on any atom is -0.497 e. The van der Waals surface area contributed by atoms with Crippen LogP contribution < -0.4 is 10.1 Å². The molecule has 0 radical (unpaired) electrons. The zero-order valence-corrected chi connectivity index (χ0v) is 15.0. The number of nitrogens with one attached hydrogen (secondary N) is 2. The highest BCUT2D eigenvalue weighted by Gasteiger charge is 2.25. The number of carbonyl (C=O) groups excluding carboxylic acids is 1. The Labute approximate surface area is 151 Å². The van der Waals surface area contributed by atoms with E-state index in [0.717, 1.165) is 28.1 Å². The second-order valence-electron chi connectivity index (χ2n) is 6.24. The number of methoxy groups -OCH3 is 1. The molecule has 3 rings (SSSR count). The molecule has 26 heavy (non-hydrogen) atoms. The Morgan fingerprint density at radius 3 is 2.62 bits per heavy atom. The summed E-state index contributed by atoms with van der Waals surface area (Å²) in [6.07, 6.45) is 0.438. The molecule has 1 heterocycles. The van der Waals surface area contributed by atoms with Gasteiger partial charge in [-0.1, -0.05) is 23.4 Å². The molecule has 7 heteroatoms. The number of rotatable bonds is 6. The molecule has 0 aliphatic rings. The van der Waals surface area contributed by atoms with Gasteiger partial charge in [0.15, 0.2) is 5.82 Å². The van der Waals surface area contributed by atoms with Gasteiger partial charge in [-0.15, -0.1) is 10.2 Å². The molecule has 3 aromatic rings. The van der Waals surface area contributed by atoms with Crippen LogP contribution in [0.4, 0.5) is 5.69 Å². The molecule has 2 N–H and O–H groups in total. The van der Waals surface area contributed by atoms with Crippen molar-refractivity contribution in [1.82, 2.24) is 20.6 Å². The topological polar surface area (TPSA) is 92.8 Å². The van der Waals surface area contributed by atoms with Crippen molar-refractivity contribution < 1.29 is 9.53 Å². The molecule has 2 aromatic carbocycles. The maximum Gasteiger partial charge on any atom is 0.235 e. The van der Waals surface area contributed by atoms with Crippen molar-refractivity contribution in [2.24, 2.45) is 0 Å². The Balaban J connectivity index is 1.85. The van der Waals surface area contributed by atoms with Gasteiger partial charge in [0, 0.05) is 5.69 Å². The predicted molar refractivity (Wildman–Crippen MR) is 98.2 cm³/mol. The van der Waals surface area contributed by atoms with Crippen molar-refractivity contribution in [3.8, 4) is 5.75 Å². The molecule has 7 nitrogen and oxygen atoms in total. The number of ether oxygens (including phenoxy) is 1. The fourth-order valence-corrected chi connectivity index (χ4v) is 2.93. The predicted octanol–water partition coefficient (Wildman–Crippen LogP) is 2.79. The van der Waals surface area contributed by atoms with Crippen molar-refractivity contribution >= 4 is 11.6 Å². The number of aromatic nitrogens is 4. The lowest BCUT2D eigenvalue weighted by Crippen LogP contribution is -2.24. The second-order valence-corrected chi connectivity index (χ2v) is 6.24. The smallest absolute Gasteiger partial charge is 0.235 e. The van der Waals surface area contributed by atoms with E-state index in [2.05, 4.69) is 32.0 Å². The summed E-state index contributed by atoms with van der Waals surface area (Å²) in [5.41, 5.74) is 3.88. The van der Waals surface area contributed by atoms with Crippen LogP contribution in [-0.2, 0) is 11.2 Å². The summed E-state index contributed by atoms with van der Waals surface area (Å²) in [5.74, 6) is 0.347. The molecule has 0 aliphatic carbocycles. The Kier molecular flexibility index (Phi) is 5.26. The summed E-state index contributed by atoms with van der Waals surface area (Å²) in [4.78, 5) is 12.9. The van der Waals surface area contributed by atoms with Gasteiger partial charge >= 0.3 is 0 Å². The molecule has 1 aromatic heterocycles. The maximum absolute atomic E-state index is 12.9. The van der Waals surface area contributed by atoms with Gasteiger partial charge in [0.2, 0.25) is 5.91 Å². The van der Waals surface area contributed by atoms with E-state index in [1.807, 2.05) is 50.2 Å². The molecule has 0 saturated heterocycles. The standard InChI is InChI=1S/C19H21N5O2/c1-12-7-13(2)9-15(8-12)20-19(25)17(18-21-23-24-22-18)11-14-5-4-6-16(10-14)26-3/h4-10,17H,11H2,1-3H3,(H,20,25)(H,21,22,23,24). The number of carbonyl (C=O) groups is 1. The summed E-state index contributed by atoms with van der Waals surface area (Å²) < 4.78 is 5.26. The summed E-state index contributed by atoms with van der Waals surface area (Å²) in [6.45, 7) is 3.99. The third-order valence-corrected chi connectivity index (χ3v) is 4.05. The minimum atomic E-state index is -0.568. The average molecular weight is 351 g/mol. The monoisotopic (exact) mass is 351 g/mol. The minimum absolute atomic E-state index is 0.181. The second kappa shape index (κ2) is 7.77. The van der Waals surface area contributed by atoms with E-state index >= 15 is 0 Å². The Hall–Kier alpha value is -3.22. The molecule has 0 aliphatic heterocycles. The normalized spacial score (nSPS) is 11.8. The number of aromatic amines is 1. The molecule has 0 saturated carbocycles. The van der Waals surface area contributed by atoms with E-state index in [0.29, 0.717) is 12.2 Å². The first-order valence-electron chi connectivity index (χ1n) is 8.30. The summed E-state index contributed by atoms with van der Waals surface area (Å²) in [7, 11) is 1.61. The summed E-state index contributed by atoms with van der Waals surface area (Å²) >= 11 is 0. The molecule has 1 unspecified atom stereocenters. The van der Waals surface area contributed by atoms with E-state index < -0.39 is 5.92 Å². The highest BCUT2D eigenvalue weighted by molar-refractivity contribution is 5.95. The largest absolute Gasteiger partial charge is 0.497 e. The molecule has 134 valence electrons. The van der Waals surface area contributed by atoms with Crippen LogP contribution in [0.1, 0.15) is 28.4 Å². The zero-order valence-electron chi connectivity index (χ0n) is 15.0. The van der Waals surface area contributed by atoms with E-state index in [-0.39, 0.29) is 5.91 Å². The highest BCUT2D eigenvalue weighted by atomic mass is 16.5. The Morgan fingerprint density at radius 1 is 1.19 bits per heavy atom. The number of H-pyrrole nitrogens is 1. The number of tetrazole rings is 1. The molecule has 1 amide bonds. The van der Waals surface area contributed by atoms with Gasteiger partial charge in [0.25, 0.3) is 0 Å². The van der Waals surface area contributed by atoms with Crippen molar-refractivity contribution in [2.75, 3.05) is 12.4 Å². The lowest BCUT2D eigenvalue weighted by Gasteiger charge is -2.15. The Morgan fingerprint density at radius 2 is 1.96 bits per heavy atom. The quantitative estimate of drug-likeness (QED) is 0.712. The van der Waals surface area contributed by atoms with Gasteiger partial charge in [-0.3, -0.25) is 4.79 Å². The van der Waals surface area contributed by atoms with Gasteiger partial charge in [-0.05, 0) is 61.2 Å². The van der Waals surface area contributed by atoms with Crippen LogP contribution >= 0.6 is 0 Å². The molecule has 1 atom stereocenters. The van der Waals surface area contributed by atoms with Crippen molar-refractivity contribution in [1.29, 1.82) is 0 Å². The number of hydrogen-bond acceptors (Lipinski definition) is 5. The van der Waals surface area contributed by atoms with Gasteiger partial charge in [-0.2, -0.15) is 5.21 Å². The SMILES string of the molecule is COc1cccc(CC(C(=O)Nc2cc(C)cc(C)c2)c2nn[nH]n2)c1. The highest BCUT2D eigenvalue weighted by Crippen LogP contribution is 2.23. The lowest BCUT2D eigenvalue weighted by atomic mass is 9.97. The third kappa shape index (κ3) is 4.24. The van der Waals surface area contributed by atoms with Crippen molar-refractivity contribution in [3.63, 3.8) is 0 Å². The number of benzene rings is 2. The number of nitrogens with zero attached hydrogens (tertiary/aromatic N) is 3. The first-order chi connectivity index (χ1) is 12.5. The molecule has 0 bridgehead atoms. The van der Waals surface area contributed by atoms with E-state index in [9.17, 15) is 4.79 Å². The zero-order chi connectivity index (χ0) is 18.5. The molecule has 0 spiro atoms. The first kappa shape index (κ1) is 17.6. The van der Waals surface area contributed by atoms with E-state index in [4.69, 9.17) is 4.74 Å². The fraction of sp³-hybridized carbons (Fsp3) is 0.263. The number of amides is 1. The van der Waals surface area contributed by atoms with Gasteiger partial charge in [0.05, 0.1) is 7.11 Å². The van der Waals surface area contributed by atoms with Gasteiger partial charge < -0.3 is 10.1 Å². The molecular weight excluding hydrogens is 330 g/mol. The lowest BCUT2D eigenvalue weighted by molar-refractivity contribution is -0.117. The average Bonchev–Trinajstić information content (AvgIpc) is 3.13. The van der Waals surface area contributed by atoms with Crippen LogP contribution in [0.25, 0.3) is 0 Å². The van der Waals surface area contributed by atoms with Crippen LogP contribution in [-0.4, -0.2) is 33.6 Å². The van der Waals surface area contributed by atoms with Crippen molar-refractivity contribution in [2.45, 2.75) is 26.2 Å². The van der Waals surface area contributed by atoms with Crippen LogP contribution in [0.2, 0.25) is 0 Å². The number of hydrogen-bond donors (Lipinski definition) is 2. The first-order valence-corrected chi connectivity index (χ1v) is 8.30. The fourth-order valence-electron chi connectivity index (χ4n) is 2.93. The maximum atomic E-state index is 12.9. The number of aryl methyl sites for hydroxylation is 2. The molecule has 0 fully saturated rings. The van der Waals surface area contributed by atoms with Crippen LogP contribution in [0.15, 0.2) is 42.5 Å². The van der Waals surface area contributed by atoms with Gasteiger partial charge in [0.1, 0.15) is 11.7 Å². The third-order valence-electron chi connectivity index (χ3n) is 4.05. The van der Waals surface area contributed by atoms with Crippen LogP contribution in [0, 0.1) is 13.8 Å². The van der Waals surface area contributed by atoms with E-state index in [1.165, 1.54) is 0 Å². The van der Waals surface area contributed by atoms with Crippen LogP contribution in [0.5, 0.6) is 5.75 Å².